The number of amides is 1. The molecule has 3 N–H and O–H groups in total. The maximum absolute atomic E-state index is 12.4. The van der Waals surface area contributed by atoms with E-state index in [1.807, 2.05) is 63.5 Å². The number of hydroxylamine groups is 1. The molecule has 0 aliphatic rings. The van der Waals surface area contributed by atoms with Gasteiger partial charge in [0.2, 0.25) is 0 Å². The van der Waals surface area contributed by atoms with E-state index in [-0.39, 0.29) is 16.1 Å². The number of nitrogens with two attached hydrogens (primary N) is 1. The van der Waals surface area contributed by atoms with Gasteiger partial charge in [-0.05, 0) is 0 Å². The molecule has 0 aliphatic heterocycles. The quantitative estimate of drug-likeness (QED) is 0.320. The van der Waals surface area contributed by atoms with Crippen LogP contribution in [0.5, 0.6) is 0 Å². The predicted molar refractivity (Wildman–Crippen MR) is 123 cm³/mol. The van der Waals surface area contributed by atoms with Crippen LogP contribution < -0.4 is 15.9 Å². The molecule has 0 spiro atoms. The number of benzene rings is 1. The summed E-state index contributed by atoms with van der Waals surface area (Å²) >= 11 is 4.62. The number of carbonyl (C=O) groups excluding carboxylic acids is 1. The van der Waals surface area contributed by atoms with E-state index >= 15 is 0 Å². The summed E-state index contributed by atoms with van der Waals surface area (Å²) in [6.07, 6.45) is 0.398. The van der Waals surface area contributed by atoms with Crippen LogP contribution in [0.1, 0.15) is 41.0 Å². The zero-order chi connectivity index (χ0) is 21.0. The van der Waals surface area contributed by atoms with Crippen molar-refractivity contribution in [3.8, 4) is 0 Å². The SMILES string of the molecule is CCN(C)[PH](C)(N)ON(C)c1ccc(NC(=O)CC(C)(C)C(C)(C)S)cc1. The molecule has 1 rings (SSSR count). The van der Waals surface area contributed by atoms with E-state index in [1.54, 1.807) is 5.06 Å². The van der Waals surface area contributed by atoms with E-state index in [2.05, 4.69) is 38.7 Å². The van der Waals surface area contributed by atoms with Gasteiger partial charge in [0.15, 0.2) is 0 Å². The van der Waals surface area contributed by atoms with Crippen molar-refractivity contribution in [2.75, 3.05) is 37.7 Å². The fourth-order valence-electron chi connectivity index (χ4n) is 2.29. The molecular formula is C19H37N4O2PS. The zero-order valence-electron chi connectivity index (χ0n) is 18.0. The Bertz CT molecular complexity index is 630. The Morgan fingerprint density at radius 3 is 2.19 bits per heavy atom. The van der Waals surface area contributed by atoms with Gasteiger partial charge in [0.05, 0.1) is 0 Å². The third kappa shape index (κ3) is 6.91. The monoisotopic (exact) mass is 416 g/mol. The van der Waals surface area contributed by atoms with Crippen molar-refractivity contribution >= 4 is 37.7 Å². The molecule has 0 aromatic heterocycles. The number of anilines is 2. The molecule has 0 unspecified atom stereocenters. The Kier molecular flexibility index (Phi) is 8.15. The van der Waals surface area contributed by atoms with Gasteiger partial charge in [-0.3, -0.25) is 0 Å². The Morgan fingerprint density at radius 2 is 1.74 bits per heavy atom. The second-order valence-electron chi connectivity index (χ2n) is 8.37. The first-order valence-electron chi connectivity index (χ1n) is 9.25. The molecule has 0 heterocycles. The molecule has 0 fully saturated rings. The van der Waals surface area contributed by atoms with Crippen molar-refractivity contribution in [3.05, 3.63) is 24.3 Å². The first kappa shape index (κ1) is 24.2. The first-order chi connectivity index (χ1) is 12.2. The molecule has 0 saturated heterocycles. The van der Waals surface area contributed by atoms with Gasteiger partial charge in [-0.2, -0.15) is 0 Å². The van der Waals surface area contributed by atoms with Crippen LogP contribution in [0.2, 0.25) is 0 Å². The van der Waals surface area contributed by atoms with Crippen LogP contribution in [0.15, 0.2) is 24.3 Å². The van der Waals surface area contributed by atoms with Crippen LogP contribution in [0, 0.1) is 5.41 Å². The molecule has 0 bridgehead atoms. The summed E-state index contributed by atoms with van der Waals surface area (Å²) in [5.41, 5.74) is 7.74. The van der Waals surface area contributed by atoms with Gasteiger partial charge in [0.1, 0.15) is 0 Å². The molecule has 1 aromatic rings. The van der Waals surface area contributed by atoms with Crippen LogP contribution in [0.4, 0.5) is 11.4 Å². The van der Waals surface area contributed by atoms with Crippen LogP contribution in [0.3, 0.4) is 0 Å². The molecule has 0 aliphatic carbocycles. The molecule has 0 radical (unpaired) electrons. The van der Waals surface area contributed by atoms with Crippen molar-refractivity contribution in [1.29, 1.82) is 0 Å². The Labute approximate surface area is 170 Å². The van der Waals surface area contributed by atoms with Gasteiger partial charge in [0, 0.05) is 0 Å². The topological polar surface area (TPSA) is 70.8 Å². The van der Waals surface area contributed by atoms with E-state index in [0.717, 1.165) is 17.9 Å². The number of rotatable bonds is 9. The van der Waals surface area contributed by atoms with Gasteiger partial charge in [0.25, 0.3) is 0 Å². The number of nitrogens with zero attached hydrogens (tertiary/aromatic N) is 2. The predicted octanol–water partition coefficient (Wildman–Crippen LogP) is 4.15. The van der Waals surface area contributed by atoms with Crippen LogP contribution in [0.25, 0.3) is 0 Å². The molecule has 27 heavy (non-hydrogen) atoms. The average molecular weight is 417 g/mol. The van der Waals surface area contributed by atoms with Crippen molar-refractivity contribution in [2.45, 2.75) is 45.8 Å². The molecule has 0 atom stereocenters. The van der Waals surface area contributed by atoms with Crippen LogP contribution in [-0.4, -0.2) is 42.6 Å². The number of thiol groups is 1. The number of carbonyl (C=O) groups is 1. The van der Waals surface area contributed by atoms with Crippen LogP contribution >= 0.6 is 20.4 Å². The van der Waals surface area contributed by atoms with E-state index < -0.39 is 7.79 Å². The zero-order valence-corrected chi connectivity index (χ0v) is 19.9. The Hall–Kier alpha value is -0.850. The fraction of sp³-hybridized carbons (Fsp3) is 0.632. The van der Waals surface area contributed by atoms with Crippen molar-refractivity contribution in [3.63, 3.8) is 0 Å². The maximum atomic E-state index is 12.4. The number of nitrogens with one attached hydrogen (secondary N) is 1. The molecule has 0 saturated carbocycles. The molecule has 6 nitrogen and oxygen atoms in total. The minimum atomic E-state index is -2.45. The van der Waals surface area contributed by atoms with E-state index in [1.165, 1.54) is 0 Å². The first-order valence-corrected chi connectivity index (χ1v) is 12.1. The number of hydrogen-bond donors (Lipinski definition) is 3. The van der Waals surface area contributed by atoms with Gasteiger partial charge in [-0.25, -0.2) is 0 Å². The fourth-order valence-corrected chi connectivity index (χ4v) is 3.80. The molecule has 1 amide bonds. The molecular weight excluding hydrogens is 379 g/mol. The second-order valence-corrected chi connectivity index (χ2v) is 12.5. The third-order valence-corrected chi connectivity index (χ3v) is 8.41. The summed E-state index contributed by atoms with van der Waals surface area (Å²) in [5, 5.41) is 4.65. The molecule has 156 valence electrons. The summed E-state index contributed by atoms with van der Waals surface area (Å²) in [6, 6.07) is 7.54. The van der Waals surface area contributed by atoms with Crippen molar-refractivity contribution in [1.82, 2.24) is 4.67 Å². The second kappa shape index (κ2) is 9.10. The number of hydrogen-bond acceptors (Lipinski definition) is 6. The molecule has 8 heteroatoms. The summed E-state index contributed by atoms with van der Waals surface area (Å²) in [6.45, 7) is 13.0. The van der Waals surface area contributed by atoms with Crippen molar-refractivity contribution < 1.29 is 9.42 Å². The van der Waals surface area contributed by atoms with Gasteiger partial charge >= 0.3 is 170 Å². The standard InChI is InChI=1S/C19H37N4O2PS/c1-9-22(6)26(8,20)25-23(7)16-12-10-15(11-13-16)21-17(24)14-18(2,3)19(4,5)27/h10-13,26-27H,9,14,20H2,1-8H3,(H,21,24). The molecule has 1 aromatic carbocycles. The van der Waals surface area contributed by atoms with Crippen LogP contribution in [-0.2, 0) is 9.42 Å². The average Bonchev–Trinajstić information content (AvgIpc) is 2.52. The van der Waals surface area contributed by atoms with Gasteiger partial charge < -0.3 is 0 Å². The summed E-state index contributed by atoms with van der Waals surface area (Å²) in [4.78, 5) is 12.4. The summed E-state index contributed by atoms with van der Waals surface area (Å²) in [7, 11) is 1.35. The summed E-state index contributed by atoms with van der Waals surface area (Å²) in [5.74, 6) is -0.0222. The van der Waals surface area contributed by atoms with Gasteiger partial charge in [-0.1, -0.05) is 0 Å². The third-order valence-electron chi connectivity index (χ3n) is 5.33. The van der Waals surface area contributed by atoms with Crippen molar-refractivity contribution in [2.24, 2.45) is 10.9 Å². The van der Waals surface area contributed by atoms with E-state index in [0.29, 0.717) is 6.42 Å². The Morgan fingerprint density at radius 1 is 1.22 bits per heavy atom. The normalized spacial score (nSPS) is 13.6. The van der Waals surface area contributed by atoms with E-state index in [9.17, 15) is 4.79 Å². The summed E-state index contributed by atoms with van der Waals surface area (Å²) < 4.78 is 7.77. The Balaban J connectivity index is 2.72. The minimum absolute atomic E-state index is 0.0222. The van der Waals surface area contributed by atoms with E-state index in [4.69, 9.17) is 10.1 Å². The van der Waals surface area contributed by atoms with Gasteiger partial charge in [-0.15, -0.1) is 0 Å².